The van der Waals surface area contributed by atoms with Crippen molar-refractivity contribution >= 4 is 17.5 Å². The number of nitrogens with one attached hydrogen (secondary N) is 1. The summed E-state index contributed by atoms with van der Waals surface area (Å²) >= 11 is 0. The number of anilines is 1. The van der Waals surface area contributed by atoms with Crippen LogP contribution in [0.3, 0.4) is 0 Å². The van der Waals surface area contributed by atoms with Gasteiger partial charge in [-0.25, -0.2) is 8.78 Å². The molecule has 0 atom stereocenters. The van der Waals surface area contributed by atoms with Crippen molar-refractivity contribution in [2.45, 2.75) is 19.8 Å². The molecule has 132 valence electrons. The topological polar surface area (TPSA) is 49.4 Å². The fraction of sp³-hybridized carbons (Fsp3) is 0.263. The zero-order chi connectivity index (χ0) is 18.2. The highest BCUT2D eigenvalue weighted by molar-refractivity contribution is 5.92. The molecule has 0 spiro atoms. The van der Waals surface area contributed by atoms with Gasteiger partial charge in [0.15, 0.2) is 0 Å². The molecule has 1 N–H and O–H groups in total. The number of carbonyl (C=O) groups excluding carboxylic acids is 2. The lowest BCUT2D eigenvalue weighted by Crippen LogP contribution is -2.34. The molecule has 0 aliphatic rings. The Hall–Kier alpha value is -2.76. The number of amides is 2. The Bertz CT molecular complexity index is 732. The van der Waals surface area contributed by atoms with Gasteiger partial charge >= 0.3 is 0 Å². The molecule has 4 nitrogen and oxygen atoms in total. The fourth-order valence-corrected chi connectivity index (χ4v) is 2.41. The molecule has 0 saturated carbocycles. The molecule has 2 aromatic rings. The summed E-state index contributed by atoms with van der Waals surface area (Å²) in [5.74, 6) is -1.20. The molecule has 2 aromatic carbocycles. The standard InChI is InChI=1S/C19H20F2N2O2/c1-14(24)23(18-4-2-3-17(21)13-18)12-10-19(25)22-11-9-15-5-7-16(20)8-6-15/h2-8,13H,9-12H2,1H3,(H,22,25). The molecular formula is C19H20F2N2O2. The largest absolute Gasteiger partial charge is 0.356 e. The van der Waals surface area contributed by atoms with Crippen molar-refractivity contribution in [1.82, 2.24) is 5.32 Å². The smallest absolute Gasteiger partial charge is 0.223 e. The van der Waals surface area contributed by atoms with Crippen LogP contribution in [0.15, 0.2) is 48.5 Å². The average Bonchev–Trinajstić information content (AvgIpc) is 2.56. The number of hydrogen-bond donors (Lipinski definition) is 1. The summed E-state index contributed by atoms with van der Waals surface area (Å²) < 4.78 is 26.1. The second-order valence-corrected chi connectivity index (χ2v) is 5.63. The molecule has 2 rings (SSSR count). The van der Waals surface area contributed by atoms with Gasteiger partial charge in [-0.3, -0.25) is 9.59 Å². The van der Waals surface area contributed by atoms with Gasteiger partial charge in [0.2, 0.25) is 11.8 Å². The lowest BCUT2D eigenvalue weighted by molar-refractivity contribution is -0.121. The van der Waals surface area contributed by atoms with Crippen molar-refractivity contribution in [3.05, 3.63) is 65.7 Å². The van der Waals surface area contributed by atoms with E-state index in [2.05, 4.69) is 5.32 Å². The minimum absolute atomic E-state index is 0.111. The lowest BCUT2D eigenvalue weighted by atomic mass is 10.1. The van der Waals surface area contributed by atoms with Crippen LogP contribution in [0.4, 0.5) is 14.5 Å². The van der Waals surface area contributed by atoms with Crippen molar-refractivity contribution in [2.24, 2.45) is 0 Å². The third kappa shape index (κ3) is 5.99. The van der Waals surface area contributed by atoms with Gasteiger partial charge in [0, 0.05) is 32.1 Å². The normalized spacial score (nSPS) is 10.4. The maximum atomic E-state index is 13.3. The maximum absolute atomic E-state index is 13.3. The molecular weight excluding hydrogens is 326 g/mol. The first-order chi connectivity index (χ1) is 12.0. The molecule has 2 amide bonds. The molecule has 6 heteroatoms. The summed E-state index contributed by atoms with van der Waals surface area (Å²) in [6.07, 6.45) is 0.700. The predicted molar refractivity (Wildman–Crippen MR) is 92.2 cm³/mol. The minimum Gasteiger partial charge on any atom is -0.356 e. The van der Waals surface area contributed by atoms with Crippen LogP contribution in [0.5, 0.6) is 0 Å². The van der Waals surface area contributed by atoms with Crippen molar-refractivity contribution < 1.29 is 18.4 Å². The van der Waals surface area contributed by atoms with Gasteiger partial charge in [0.25, 0.3) is 0 Å². The Morgan fingerprint density at radius 1 is 1.04 bits per heavy atom. The van der Waals surface area contributed by atoms with E-state index >= 15 is 0 Å². The van der Waals surface area contributed by atoms with Gasteiger partial charge in [-0.05, 0) is 42.3 Å². The molecule has 0 fully saturated rings. The Labute approximate surface area is 145 Å². The zero-order valence-corrected chi connectivity index (χ0v) is 14.0. The Balaban J connectivity index is 1.81. The molecule has 0 aliphatic heterocycles. The summed E-state index contributed by atoms with van der Waals surface area (Å²) in [4.78, 5) is 25.0. The third-order valence-electron chi connectivity index (χ3n) is 3.71. The van der Waals surface area contributed by atoms with E-state index in [1.807, 2.05) is 0 Å². The van der Waals surface area contributed by atoms with Crippen LogP contribution in [0.1, 0.15) is 18.9 Å². The second-order valence-electron chi connectivity index (χ2n) is 5.63. The molecule has 0 unspecified atom stereocenters. The van der Waals surface area contributed by atoms with Crippen molar-refractivity contribution in [1.29, 1.82) is 0 Å². The van der Waals surface area contributed by atoms with Gasteiger partial charge in [-0.1, -0.05) is 18.2 Å². The van der Waals surface area contributed by atoms with Gasteiger partial charge < -0.3 is 10.2 Å². The number of hydrogen-bond acceptors (Lipinski definition) is 2. The van der Waals surface area contributed by atoms with E-state index in [-0.39, 0.29) is 30.6 Å². The van der Waals surface area contributed by atoms with Gasteiger partial charge in [-0.15, -0.1) is 0 Å². The highest BCUT2D eigenvalue weighted by Crippen LogP contribution is 2.16. The summed E-state index contributed by atoms with van der Waals surface area (Å²) in [5, 5.41) is 2.76. The zero-order valence-electron chi connectivity index (χ0n) is 14.0. The van der Waals surface area contributed by atoms with E-state index in [1.165, 1.54) is 42.2 Å². The lowest BCUT2D eigenvalue weighted by Gasteiger charge is -2.21. The van der Waals surface area contributed by atoms with E-state index in [0.717, 1.165) is 5.56 Å². The Morgan fingerprint density at radius 2 is 1.76 bits per heavy atom. The van der Waals surface area contributed by atoms with Crippen LogP contribution >= 0.6 is 0 Å². The van der Waals surface area contributed by atoms with E-state index in [0.29, 0.717) is 18.7 Å². The average molecular weight is 346 g/mol. The number of rotatable bonds is 7. The molecule has 25 heavy (non-hydrogen) atoms. The monoisotopic (exact) mass is 346 g/mol. The van der Waals surface area contributed by atoms with Crippen LogP contribution in [0.2, 0.25) is 0 Å². The van der Waals surface area contributed by atoms with E-state index < -0.39 is 5.82 Å². The molecule has 0 saturated heterocycles. The first kappa shape index (κ1) is 18.6. The van der Waals surface area contributed by atoms with Gasteiger partial charge in [0.1, 0.15) is 11.6 Å². The number of halogens is 2. The first-order valence-electron chi connectivity index (χ1n) is 8.00. The molecule has 0 bridgehead atoms. The summed E-state index contributed by atoms with van der Waals surface area (Å²) in [6.45, 7) is 1.96. The van der Waals surface area contributed by atoms with E-state index in [9.17, 15) is 18.4 Å². The van der Waals surface area contributed by atoms with Crippen molar-refractivity contribution in [2.75, 3.05) is 18.0 Å². The van der Waals surface area contributed by atoms with Crippen LogP contribution in [0, 0.1) is 11.6 Å². The highest BCUT2D eigenvalue weighted by Gasteiger charge is 2.13. The minimum atomic E-state index is -0.438. The Kier molecular flexibility index (Phi) is 6.62. The quantitative estimate of drug-likeness (QED) is 0.838. The number of nitrogens with zero attached hydrogens (tertiary/aromatic N) is 1. The van der Waals surface area contributed by atoms with Gasteiger partial charge in [-0.2, -0.15) is 0 Å². The summed E-state index contributed by atoms with van der Waals surface area (Å²) in [6, 6.07) is 11.8. The second kappa shape index (κ2) is 8.92. The van der Waals surface area contributed by atoms with Crippen LogP contribution < -0.4 is 10.2 Å². The maximum Gasteiger partial charge on any atom is 0.223 e. The van der Waals surface area contributed by atoms with Crippen LogP contribution in [-0.4, -0.2) is 24.9 Å². The van der Waals surface area contributed by atoms with Crippen LogP contribution in [0.25, 0.3) is 0 Å². The van der Waals surface area contributed by atoms with Crippen molar-refractivity contribution in [3.63, 3.8) is 0 Å². The first-order valence-corrected chi connectivity index (χ1v) is 8.00. The number of benzene rings is 2. The molecule has 0 heterocycles. The molecule has 0 aromatic heterocycles. The van der Waals surface area contributed by atoms with Crippen LogP contribution in [-0.2, 0) is 16.0 Å². The van der Waals surface area contributed by atoms with E-state index in [1.54, 1.807) is 18.2 Å². The Morgan fingerprint density at radius 3 is 2.40 bits per heavy atom. The summed E-state index contributed by atoms with van der Waals surface area (Å²) in [5.41, 5.74) is 1.35. The number of carbonyl (C=O) groups is 2. The SMILES string of the molecule is CC(=O)N(CCC(=O)NCCc1ccc(F)cc1)c1cccc(F)c1. The molecule has 0 aliphatic carbocycles. The fourth-order valence-electron chi connectivity index (χ4n) is 2.41. The van der Waals surface area contributed by atoms with Gasteiger partial charge in [0.05, 0.1) is 0 Å². The van der Waals surface area contributed by atoms with Crippen molar-refractivity contribution in [3.8, 4) is 0 Å². The van der Waals surface area contributed by atoms with E-state index in [4.69, 9.17) is 0 Å². The predicted octanol–water partition coefficient (Wildman–Crippen LogP) is 3.07. The molecule has 0 radical (unpaired) electrons. The summed E-state index contributed by atoms with van der Waals surface area (Å²) in [7, 11) is 0. The third-order valence-corrected chi connectivity index (χ3v) is 3.71. The highest BCUT2D eigenvalue weighted by atomic mass is 19.1.